The molecule has 0 saturated carbocycles. The van der Waals surface area contributed by atoms with Crippen LogP contribution in [0.5, 0.6) is 11.5 Å². The molecule has 3 aromatic carbocycles. The number of esters is 2. The summed E-state index contributed by atoms with van der Waals surface area (Å²) in [5.41, 5.74) is 1.07. The third kappa shape index (κ3) is 9.14. The zero-order chi connectivity index (χ0) is 28.6. The van der Waals surface area contributed by atoms with Crippen molar-refractivity contribution < 1.29 is 28.5 Å². The quantitative estimate of drug-likeness (QED) is 0.0849. The lowest BCUT2D eigenvalue weighted by Gasteiger charge is -2.19. The predicted molar refractivity (Wildman–Crippen MR) is 161 cm³/mol. The number of fused-ring (bicyclic) bond motifs is 2. The van der Waals surface area contributed by atoms with Crippen LogP contribution in [0.25, 0.3) is 21.5 Å². The van der Waals surface area contributed by atoms with Crippen LogP contribution in [0.1, 0.15) is 90.5 Å². The van der Waals surface area contributed by atoms with Gasteiger partial charge in [0.25, 0.3) is 0 Å². The van der Waals surface area contributed by atoms with E-state index in [0.717, 1.165) is 72.1 Å². The second kappa shape index (κ2) is 17.4. The molecule has 0 aromatic heterocycles. The van der Waals surface area contributed by atoms with Gasteiger partial charge in [-0.3, -0.25) is 0 Å². The molecule has 0 radical (unpaired) electrons. The maximum Gasteiger partial charge on any atom is 0.344 e. The van der Waals surface area contributed by atoms with E-state index in [-0.39, 0.29) is 25.2 Å². The van der Waals surface area contributed by atoms with E-state index in [1.165, 1.54) is 25.7 Å². The van der Waals surface area contributed by atoms with Crippen LogP contribution in [0.4, 0.5) is 0 Å². The second-order valence-corrected chi connectivity index (χ2v) is 10.2. The molecule has 0 saturated heterocycles. The molecule has 0 aliphatic heterocycles. The predicted octanol–water partition coefficient (Wildman–Crippen LogP) is 8.34. The number of unbranched alkanes of at least 4 members (excludes halogenated alkanes) is 8. The SMILES string of the molecule is CCCCCCCOC(=O)COc1c2ccccc2c(OCC(=O)OCCCCCCC)c2c(CC)cccc12. The van der Waals surface area contributed by atoms with E-state index in [1.807, 2.05) is 36.4 Å². The summed E-state index contributed by atoms with van der Waals surface area (Å²) in [5, 5.41) is 3.36. The Balaban J connectivity index is 1.76. The van der Waals surface area contributed by atoms with Gasteiger partial charge in [0.2, 0.25) is 0 Å². The average Bonchev–Trinajstić information content (AvgIpc) is 2.98. The van der Waals surface area contributed by atoms with E-state index >= 15 is 0 Å². The summed E-state index contributed by atoms with van der Waals surface area (Å²) < 4.78 is 23.2. The van der Waals surface area contributed by atoms with Crippen LogP contribution in [0.15, 0.2) is 42.5 Å². The molecule has 0 atom stereocenters. The maximum absolute atomic E-state index is 12.5. The fraction of sp³-hybridized carbons (Fsp3) is 0.529. The van der Waals surface area contributed by atoms with Gasteiger partial charge in [-0.2, -0.15) is 0 Å². The van der Waals surface area contributed by atoms with E-state index < -0.39 is 0 Å². The zero-order valence-electron chi connectivity index (χ0n) is 24.6. The Morgan fingerprint density at radius 2 is 1.07 bits per heavy atom. The van der Waals surface area contributed by atoms with E-state index in [1.54, 1.807) is 0 Å². The summed E-state index contributed by atoms with van der Waals surface area (Å²) in [6, 6.07) is 13.8. The number of aryl methyl sites for hydroxylation is 1. The van der Waals surface area contributed by atoms with Crippen molar-refractivity contribution in [1.29, 1.82) is 0 Å². The van der Waals surface area contributed by atoms with Gasteiger partial charge in [-0.1, -0.05) is 115 Å². The molecular formula is C34H46O6. The Kier molecular flexibility index (Phi) is 13.6. The largest absolute Gasteiger partial charge is 0.481 e. The minimum absolute atomic E-state index is 0.170. The lowest BCUT2D eigenvalue weighted by atomic mass is 9.96. The third-order valence-electron chi connectivity index (χ3n) is 7.11. The monoisotopic (exact) mass is 550 g/mol. The van der Waals surface area contributed by atoms with Crippen molar-refractivity contribution in [2.75, 3.05) is 26.4 Å². The number of carbonyl (C=O) groups excluding carboxylic acids is 2. The van der Waals surface area contributed by atoms with Crippen molar-refractivity contribution in [3.8, 4) is 11.5 Å². The number of carbonyl (C=O) groups is 2. The van der Waals surface area contributed by atoms with E-state index in [9.17, 15) is 9.59 Å². The smallest absolute Gasteiger partial charge is 0.344 e. The molecule has 0 amide bonds. The Morgan fingerprint density at radius 1 is 0.575 bits per heavy atom. The Labute approximate surface area is 239 Å². The first-order valence-electron chi connectivity index (χ1n) is 15.1. The highest BCUT2D eigenvalue weighted by Gasteiger charge is 2.20. The highest BCUT2D eigenvalue weighted by molar-refractivity contribution is 6.12. The molecule has 0 heterocycles. The van der Waals surface area contributed by atoms with Gasteiger partial charge in [0.1, 0.15) is 11.5 Å². The summed E-state index contributed by atoms with van der Waals surface area (Å²) in [6.07, 6.45) is 11.7. The lowest BCUT2D eigenvalue weighted by molar-refractivity contribution is -0.147. The number of ether oxygens (including phenoxy) is 4. The molecule has 218 valence electrons. The molecular weight excluding hydrogens is 504 g/mol. The lowest BCUT2D eigenvalue weighted by Crippen LogP contribution is -2.17. The maximum atomic E-state index is 12.5. The van der Waals surface area contributed by atoms with E-state index in [2.05, 4.69) is 26.8 Å². The van der Waals surface area contributed by atoms with Gasteiger partial charge in [-0.25, -0.2) is 9.59 Å². The normalized spacial score (nSPS) is 11.1. The van der Waals surface area contributed by atoms with Crippen molar-refractivity contribution >= 4 is 33.5 Å². The standard InChI is InChI=1S/C34H46O6/c1-4-7-9-11-15-22-37-30(35)24-39-33-27-19-13-14-20-28(27)34(32-26(6-3)18-17-21-29(32)33)40-25-31(36)38-23-16-12-10-8-5-2/h13-14,17-21H,4-12,15-16,22-25H2,1-3H3. The molecule has 3 rings (SSSR count). The molecule has 0 fully saturated rings. The molecule has 0 unspecified atom stereocenters. The molecule has 40 heavy (non-hydrogen) atoms. The number of hydrogen-bond donors (Lipinski definition) is 0. The Hall–Kier alpha value is -3.28. The highest BCUT2D eigenvalue weighted by Crippen LogP contribution is 2.44. The van der Waals surface area contributed by atoms with Gasteiger partial charge in [-0.05, 0) is 24.8 Å². The molecule has 0 bridgehead atoms. The Bertz CT molecular complexity index is 1220. The van der Waals surface area contributed by atoms with Crippen LogP contribution in [-0.2, 0) is 25.5 Å². The molecule has 0 aliphatic rings. The number of hydrogen-bond acceptors (Lipinski definition) is 6. The van der Waals surface area contributed by atoms with Crippen molar-refractivity contribution in [2.45, 2.75) is 91.4 Å². The van der Waals surface area contributed by atoms with Crippen LogP contribution in [-0.4, -0.2) is 38.4 Å². The van der Waals surface area contributed by atoms with Crippen LogP contribution >= 0.6 is 0 Å². The number of benzene rings is 3. The van der Waals surface area contributed by atoms with Gasteiger partial charge < -0.3 is 18.9 Å². The first kappa shape index (κ1) is 31.3. The molecule has 6 heteroatoms. The second-order valence-electron chi connectivity index (χ2n) is 10.2. The molecule has 6 nitrogen and oxygen atoms in total. The topological polar surface area (TPSA) is 71.1 Å². The minimum Gasteiger partial charge on any atom is -0.481 e. The fourth-order valence-electron chi connectivity index (χ4n) is 4.95. The zero-order valence-corrected chi connectivity index (χ0v) is 24.6. The summed E-state index contributed by atoms with van der Waals surface area (Å²) in [5.74, 6) is 0.490. The van der Waals surface area contributed by atoms with E-state index in [0.29, 0.717) is 24.7 Å². The van der Waals surface area contributed by atoms with Crippen LogP contribution in [0.3, 0.4) is 0 Å². The van der Waals surface area contributed by atoms with Crippen molar-refractivity contribution in [3.05, 3.63) is 48.0 Å². The summed E-state index contributed by atoms with van der Waals surface area (Å²) in [7, 11) is 0. The first-order chi connectivity index (χ1) is 19.6. The summed E-state index contributed by atoms with van der Waals surface area (Å²) in [4.78, 5) is 25.0. The molecule has 0 spiro atoms. The average molecular weight is 551 g/mol. The molecule has 0 aliphatic carbocycles. The van der Waals surface area contributed by atoms with Crippen LogP contribution < -0.4 is 9.47 Å². The third-order valence-corrected chi connectivity index (χ3v) is 7.11. The van der Waals surface area contributed by atoms with Gasteiger partial charge in [0.05, 0.1) is 13.2 Å². The van der Waals surface area contributed by atoms with Gasteiger partial charge in [-0.15, -0.1) is 0 Å². The van der Waals surface area contributed by atoms with Gasteiger partial charge >= 0.3 is 11.9 Å². The molecule has 0 N–H and O–H groups in total. The van der Waals surface area contributed by atoms with Crippen LogP contribution in [0, 0.1) is 0 Å². The first-order valence-corrected chi connectivity index (χ1v) is 15.1. The minimum atomic E-state index is -0.378. The van der Waals surface area contributed by atoms with Crippen LogP contribution in [0.2, 0.25) is 0 Å². The van der Waals surface area contributed by atoms with Crippen molar-refractivity contribution in [1.82, 2.24) is 0 Å². The fourth-order valence-corrected chi connectivity index (χ4v) is 4.95. The highest BCUT2D eigenvalue weighted by atomic mass is 16.6. The Morgan fingerprint density at radius 3 is 1.62 bits per heavy atom. The summed E-state index contributed by atoms with van der Waals surface area (Å²) >= 11 is 0. The molecule has 3 aromatic rings. The summed E-state index contributed by atoms with van der Waals surface area (Å²) in [6.45, 7) is 6.92. The van der Waals surface area contributed by atoms with E-state index in [4.69, 9.17) is 18.9 Å². The van der Waals surface area contributed by atoms with Gasteiger partial charge in [0.15, 0.2) is 13.2 Å². The number of rotatable bonds is 19. The van der Waals surface area contributed by atoms with Gasteiger partial charge in [0, 0.05) is 21.5 Å². The van der Waals surface area contributed by atoms with Crippen molar-refractivity contribution in [3.63, 3.8) is 0 Å². The van der Waals surface area contributed by atoms with Crippen molar-refractivity contribution in [2.24, 2.45) is 0 Å².